The summed E-state index contributed by atoms with van der Waals surface area (Å²) >= 11 is 0. The van der Waals surface area contributed by atoms with E-state index in [1.54, 1.807) is 23.0 Å². The summed E-state index contributed by atoms with van der Waals surface area (Å²) in [5.41, 5.74) is 1.78. The molecule has 1 aromatic carbocycles. The molecule has 1 heterocycles. The zero-order chi connectivity index (χ0) is 12.3. The Hall–Kier alpha value is -2.35. The number of nitrogens with zero attached hydrogens (tertiary/aromatic N) is 3. The summed E-state index contributed by atoms with van der Waals surface area (Å²) in [4.78, 5) is 0. The zero-order valence-electron chi connectivity index (χ0n) is 9.31. The Kier molecular flexibility index (Phi) is 3.06. The van der Waals surface area contributed by atoms with Gasteiger partial charge in [-0.3, -0.25) is 4.68 Å². The first-order valence-corrected chi connectivity index (χ1v) is 5.10. The Bertz CT molecular complexity index is 568. The zero-order valence-corrected chi connectivity index (χ0v) is 9.31. The third-order valence-electron chi connectivity index (χ3n) is 2.34. The van der Waals surface area contributed by atoms with Crippen LogP contribution in [-0.4, -0.2) is 9.78 Å². The van der Waals surface area contributed by atoms with Crippen molar-refractivity contribution in [3.63, 3.8) is 0 Å². The third kappa shape index (κ3) is 2.61. The van der Waals surface area contributed by atoms with Gasteiger partial charge in [0.25, 0.3) is 0 Å². The highest BCUT2D eigenvalue weighted by atomic mass is 19.1. The molecule has 1 N–H and O–H groups in total. The second-order valence-electron chi connectivity index (χ2n) is 3.68. The first kappa shape index (κ1) is 11.1. The van der Waals surface area contributed by atoms with E-state index in [2.05, 4.69) is 10.4 Å². The number of aromatic nitrogens is 2. The van der Waals surface area contributed by atoms with Gasteiger partial charge in [0.1, 0.15) is 11.9 Å². The topological polar surface area (TPSA) is 53.6 Å². The fourth-order valence-electron chi connectivity index (χ4n) is 1.49. The molecule has 0 radical (unpaired) electrons. The van der Waals surface area contributed by atoms with E-state index in [0.29, 0.717) is 12.2 Å². The molecule has 4 nitrogen and oxygen atoms in total. The quantitative estimate of drug-likeness (QED) is 0.877. The first-order valence-electron chi connectivity index (χ1n) is 5.10. The van der Waals surface area contributed by atoms with Crippen LogP contribution in [0.15, 0.2) is 30.6 Å². The van der Waals surface area contributed by atoms with Gasteiger partial charge in [-0.25, -0.2) is 4.39 Å². The van der Waals surface area contributed by atoms with Crippen LogP contribution >= 0.6 is 0 Å². The lowest BCUT2D eigenvalue weighted by Gasteiger charge is -2.05. The van der Waals surface area contributed by atoms with Gasteiger partial charge in [-0.15, -0.1) is 0 Å². The highest BCUT2D eigenvalue weighted by Crippen LogP contribution is 2.14. The molecule has 5 heteroatoms. The lowest BCUT2D eigenvalue weighted by atomic mass is 10.2. The number of hydrogen-bond donors (Lipinski definition) is 1. The Morgan fingerprint density at radius 3 is 3.00 bits per heavy atom. The highest BCUT2D eigenvalue weighted by Gasteiger charge is 2.02. The molecule has 1 aromatic heterocycles. The van der Waals surface area contributed by atoms with Crippen LogP contribution in [0.3, 0.4) is 0 Å². The van der Waals surface area contributed by atoms with E-state index in [0.717, 1.165) is 5.56 Å². The number of benzene rings is 1. The van der Waals surface area contributed by atoms with Crippen molar-refractivity contribution in [3.8, 4) is 6.07 Å². The van der Waals surface area contributed by atoms with Gasteiger partial charge >= 0.3 is 0 Å². The van der Waals surface area contributed by atoms with Crippen molar-refractivity contribution in [3.05, 3.63) is 47.5 Å². The van der Waals surface area contributed by atoms with Crippen molar-refractivity contribution in [2.45, 2.75) is 6.54 Å². The van der Waals surface area contributed by atoms with Crippen molar-refractivity contribution < 1.29 is 4.39 Å². The second-order valence-corrected chi connectivity index (χ2v) is 3.68. The molecule has 0 bridgehead atoms. The van der Waals surface area contributed by atoms with Gasteiger partial charge < -0.3 is 5.32 Å². The molecule has 0 aliphatic rings. The van der Waals surface area contributed by atoms with Crippen LogP contribution in [0.5, 0.6) is 0 Å². The molecule has 0 spiro atoms. The van der Waals surface area contributed by atoms with Gasteiger partial charge in [0, 0.05) is 31.0 Å². The maximum atomic E-state index is 13.1. The monoisotopic (exact) mass is 230 g/mol. The Labute approximate surface area is 98.3 Å². The maximum Gasteiger partial charge on any atom is 0.141 e. The van der Waals surface area contributed by atoms with Crippen LogP contribution < -0.4 is 5.32 Å². The highest BCUT2D eigenvalue weighted by molar-refractivity contribution is 5.50. The summed E-state index contributed by atoms with van der Waals surface area (Å²) in [6.07, 6.45) is 3.64. The normalized spacial score (nSPS) is 9.94. The SMILES string of the molecule is Cn1cc(CNc2ccc(F)c(C#N)c2)cn1. The molecular formula is C12H11FN4. The predicted molar refractivity (Wildman–Crippen MR) is 61.6 cm³/mol. The summed E-state index contributed by atoms with van der Waals surface area (Å²) in [5.74, 6) is -0.501. The molecule has 17 heavy (non-hydrogen) atoms. The average Bonchev–Trinajstić information content (AvgIpc) is 2.74. The molecule has 0 aliphatic heterocycles. The average molecular weight is 230 g/mol. The summed E-state index contributed by atoms with van der Waals surface area (Å²) in [6.45, 7) is 0.588. The van der Waals surface area contributed by atoms with Gasteiger partial charge in [0.05, 0.1) is 11.8 Å². The van der Waals surface area contributed by atoms with Crippen LogP contribution in [0.1, 0.15) is 11.1 Å². The number of aryl methyl sites for hydroxylation is 1. The minimum atomic E-state index is -0.501. The second kappa shape index (κ2) is 4.66. The van der Waals surface area contributed by atoms with Crippen LogP contribution in [-0.2, 0) is 13.6 Å². The summed E-state index contributed by atoms with van der Waals surface area (Å²) in [5, 5.41) is 15.8. The Morgan fingerprint density at radius 2 is 2.35 bits per heavy atom. The summed E-state index contributed by atoms with van der Waals surface area (Å²) in [7, 11) is 1.84. The molecule has 0 saturated carbocycles. The number of anilines is 1. The Balaban J connectivity index is 2.07. The van der Waals surface area contributed by atoms with Crippen LogP contribution in [0, 0.1) is 17.1 Å². The van der Waals surface area contributed by atoms with Crippen molar-refractivity contribution in [1.29, 1.82) is 5.26 Å². The van der Waals surface area contributed by atoms with Gasteiger partial charge in [0.15, 0.2) is 0 Å². The molecular weight excluding hydrogens is 219 g/mol. The lowest BCUT2D eigenvalue weighted by Crippen LogP contribution is -1.99. The number of rotatable bonds is 3. The largest absolute Gasteiger partial charge is 0.381 e. The molecule has 0 aliphatic carbocycles. The molecule has 2 rings (SSSR count). The minimum Gasteiger partial charge on any atom is -0.381 e. The fourth-order valence-corrected chi connectivity index (χ4v) is 1.49. The third-order valence-corrected chi connectivity index (χ3v) is 2.34. The van der Waals surface area contributed by atoms with Gasteiger partial charge in [-0.05, 0) is 18.2 Å². The van der Waals surface area contributed by atoms with Crippen molar-refractivity contribution in [2.24, 2.45) is 7.05 Å². The van der Waals surface area contributed by atoms with E-state index >= 15 is 0 Å². The predicted octanol–water partition coefficient (Wildman–Crippen LogP) is 2.04. The number of nitriles is 1. The number of halogens is 1. The molecule has 0 atom stereocenters. The van der Waals surface area contributed by atoms with Crippen molar-refractivity contribution >= 4 is 5.69 Å². The van der Waals surface area contributed by atoms with Crippen molar-refractivity contribution in [1.82, 2.24) is 9.78 Å². The summed E-state index contributed by atoms with van der Waals surface area (Å²) in [6, 6.07) is 6.18. The van der Waals surface area contributed by atoms with E-state index < -0.39 is 5.82 Å². The van der Waals surface area contributed by atoms with E-state index in [-0.39, 0.29) is 5.56 Å². The minimum absolute atomic E-state index is 0.0428. The van der Waals surface area contributed by atoms with Crippen LogP contribution in [0.25, 0.3) is 0 Å². The molecule has 86 valence electrons. The first-order chi connectivity index (χ1) is 8.19. The lowest BCUT2D eigenvalue weighted by molar-refractivity contribution is 0.624. The molecule has 2 aromatic rings. The van der Waals surface area contributed by atoms with Gasteiger partial charge in [-0.1, -0.05) is 0 Å². The van der Waals surface area contributed by atoms with E-state index in [1.807, 2.05) is 13.2 Å². The molecule has 0 saturated heterocycles. The molecule has 0 unspecified atom stereocenters. The molecule has 0 amide bonds. The fraction of sp³-hybridized carbons (Fsp3) is 0.167. The van der Waals surface area contributed by atoms with Crippen LogP contribution in [0.2, 0.25) is 0 Å². The van der Waals surface area contributed by atoms with E-state index in [1.165, 1.54) is 12.1 Å². The van der Waals surface area contributed by atoms with Gasteiger partial charge in [0.2, 0.25) is 0 Å². The van der Waals surface area contributed by atoms with E-state index in [9.17, 15) is 4.39 Å². The number of nitrogens with one attached hydrogen (secondary N) is 1. The van der Waals surface area contributed by atoms with E-state index in [4.69, 9.17) is 5.26 Å². The number of hydrogen-bond acceptors (Lipinski definition) is 3. The smallest absolute Gasteiger partial charge is 0.141 e. The summed E-state index contributed by atoms with van der Waals surface area (Å²) < 4.78 is 14.8. The van der Waals surface area contributed by atoms with Crippen LogP contribution in [0.4, 0.5) is 10.1 Å². The maximum absolute atomic E-state index is 13.1. The molecule has 0 fully saturated rings. The van der Waals surface area contributed by atoms with Crippen molar-refractivity contribution in [2.75, 3.05) is 5.32 Å². The standard InChI is InChI=1S/C12H11FN4/c1-17-8-9(7-16-17)6-15-11-2-3-12(13)10(4-11)5-14/h2-4,7-8,15H,6H2,1H3. The van der Waals surface area contributed by atoms with Gasteiger partial charge in [-0.2, -0.15) is 10.4 Å². The Morgan fingerprint density at radius 1 is 1.53 bits per heavy atom.